The Hall–Kier alpha value is 0.966. The molecular formula is C19H42BrMgNO6. The fraction of sp³-hybridized carbons (Fsp3) is 0.947. The molecule has 0 saturated heterocycles. The molecule has 0 N–H and O–H groups in total. The molecule has 7 nitrogen and oxygen atoms in total. The molecule has 0 aliphatic heterocycles. The van der Waals surface area contributed by atoms with Crippen molar-refractivity contribution in [2.24, 2.45) is 0 Å². The van der Waals surface area contributed by atoms with Crippen molar-refractivity contribution in [1.82, 2.24) is 4.90 Å². The molecule has 0 aliphatic rings. The summed E-state index contributed by atoms with van der Waals surface area (Å²) in [6.07, 6.45) is 5.65. The minimum absolute atomic E-state index is 0. The van der Waals surface area contributed by atoms with E-state index in [1.807, 2.05) is 25.7 Å². The third-order valence-electron chi connectivity index (χ3n) is 3.57. The van der Waals surface area contributed by atoms with Gasteiger partial charge in [0.25, 0.3) is 0 Å². The predicted molar refractivity (Wildman–Crippen MR) is 109 cm³/mol. The van der Waals surface area contributed by atoms with Crippen molar-refractivity contribution >= 4 is 23.1 Å². The Labute approximate surface area is 200 Å². The molecule has 0 radical (unpaired) electrons. The van der Waals surface area contributed by atoms with Crippen molar-refractivity contribution in [2.45, 2.75) is 78.7 Å². The average molecular weight is 485 g/mol. The van der Waals surface area contributed by atoms with Crippen LogP contribution in [0.2, 0.25) is 0 Å². The number of methoxy groups -OCH3 is 3. The van der Waals surface area contributed by atoms with Gasteiger partial charge in [-0.15, -0.1) is 0 Å². The number of ether oxygens (including phenoxy) is 6. The zero-order chi connectivity index (χ0) is 20.2. The first-order valence-corrected chi connectivity index (χ1v) is 9.39. The summed E-state index contributed by atoms with van der Waals surface area (Å²) in [5, 5.41) is 0. The van der Waals surface area contributed by atoms with Gasteiger partial charge < -0.3 is 52.3 Å². The summed E-state index contributed by atoms with van der Waals surface area (Å²) in [5.41, 5.74) is 0. The van der Waals surface area contributed by atoms with E-state index in [1.165, 1.54) is 25.7 Å². The van der Waals surface area contributed by atoms with Gasteiger partial charge in [-0.05, 0) is 20.8 Å². The Morgan fingerprint density at radius 2 is 1.07 bits per heavy atom. The van der Waals surface area contributed by atoms with E-state index in [4.69, 9.17) is 28.4 Å². The normalized spacial score (nSPS) is 13.6. The van der Waals surface area contributed by atoms with Crippen LogP contribution in [0.1, 0.15) is 59.8 Å². The predicted octanol–water partition coefficient (Wildman–Crippen LogP) is 0.602. The molecular weight excluding hydrogens is 442 g/mol. The Bertz CT molecular complexity index is 246. The van der Waals surface area contributed by atoms with Crippen LogP contribution >= 0.6 is 0 Å². The first kappa shape index (κ1) is 36.3. The Morgan fingerprint density at radius 1 is 0.714 bits per heavy atom. The summed E-state index contributed by atoms with van der Waals surface area (Å²) in [6.45, 7) is 12.4. The summed E-state index contributed by atoms with van der Waals surface area (Å²) in [7, 11) is 4.76. The van der Waals surface area contributed by atoms with Crippen LogP contribution < -0.4 is 17.0 Å². The molecule has 3 atom stereocenters. The molecule has 0 aromatic carbocycles. The van der Waals surface area contributed by atoms with E-state index in [-0.39, 0.29) is 58.9 Å². The Balaban J connectivity index is -0.000000274. The molecule has 3 unspecified atom stereocenters. The van der Waals surface area contributed by atoms with E-state index in [0.717, 1.165) is 6.42 Å². The van der Waals surface area contributed by atoms with Crippen LogP contribution in [0.3, 0.4) is 0 Å². The third kappa shape index (κ3) is 27.0. The third-order valence-corrected chi connectivity index (χ3v) is 3.57. The SMILES string of the molecule is COC(C)OCN(COC(C)OC)COC(C)OC.[Br-].[CH2-]CCCCCC.[Mg+2]. The van der Waals surface area contributed by atoms with Crippen molar-refractivity contribution in [3.05, 3.63) is 6.92 Å². The van der Waals surface area contributed by atoms with Crippen LogP contribution in [0.4, 0.5) is 0 Å². The van der Waals surface area contributed by atoms with Crippen LogP contribution in [0, 0.1) is 6.92 Å². The van der Waals surface area contributed by atoms with Crippen molar-refractivity contribution < 1.29 is 45.4 Å². The van der Waals surface area contributed by atoms with Gasteiger partial charge in [-0.25, -0.2) is 4.90 Å². The van der Waals surface area contributed by atoms with Gasteiger partial charge in [0.2, 0.25) is 0 Å². The first-order valence-electron chi connectivity index (χ1n) is 9.39. The van der Waals surface area contributed by atoms with Crippen molar-refractivity contribution in [2.75, 3.05) is 41.5 Å². The minimum atomic E-state index is -0.290. The topological polar surface area (TPSA) is 58.6 Å². The van der Waals surface area contributed by atoms with Gasteiger partial charge in [-0.2, -0.15) is 6.42 Å². The second-order valence-electron chi connectivity index (χ2n) is 5.88. The van der Waals surface area contributed by atoms with Crippen LogP contribution in [-0.2, 0) is 28.4 Å². The number of hydrogen-bond donors (Lipinski definition) is 0. The molecule has 0 aliphatic carbocycles. The van der Waals surface area contributed by atoms with E-state index >= 15 is 0 Å². The van der Waals surface area contributed by atoms with E-state index in [2.05, 4.69) is 13.8 Å². The molecule has 168 valence electrons. The smallest absolute Gasteiger partial charge is 1.00 e. The van der Waals surface area contributed by atoms with Crippen molar-refractivity contribution in [1.29, 1.82) is 0 Å². The van der Waals surface area contributed by atoms with E-state index < -0.39 is 0 Å². The van der Waals surface area contributed by atoms with E-state index in [1.54, 1.807) is 21.3 Å². The summed E-state index contributed by atoms with van der Waals surface area (Å²) >= 11 is 0. The molecule has 0 saturated carbocycles. The molecule has 0 fully saturated rings. The van der Waals surface area contributed by atoms with Crippen molar-refractivity contribution in [3.8, 4) is 0 Å². The largest absolute Gasteiger partial charge is 2.00 e. The number of halogens is 1. The second-order valence-corrected chi connectivity index (χ2v) is 5.88. The van der Waals surface area contributed by atoms with Gasteiger partial charge in [0.1, 0.15) is 20.2 Å². The zero-order valence-corrected chi connectivity index (χ0v) is 22.1. The molecule has 0 aromatic heterocycles. The van der Waals surface area contributed by atoms with Gasteiger partial charge in [0.15, 0.2) is 18.9 Å². The van der Waals surface area contributed by atoms with Crippen molar-refractivity contribution in [3.63, 3.8) is 0 Å². The first-order chi connectivity index (χ1) is 12.4. The van der Waals surface area contributed by atoms with E-state index in [9.17, 15) is 0 Å². The number of nitrogens with zero attached hydrogens (tertiary/aromatic N) is 1. The van der Waals surface area contributed by atoms with Crippen LogP contribution in [0.5, 0.6) is 0 Å². The monoisotopic (exact) mass is 483 g/mol. The molecule has 28 heavy (non-hydrogen) atoms. The number of rotatable bonds is 16. The Morgan fingerprint density at radius 3 is 1.32 bits per heavy atom. The minimum Gasteiger partial charge on any atom is -1.00 e. The van der Waals surface area contributed by atoms with Gasteiger partial charge >= 0.3 is 23.1 Å². The standard InChI is InChI=1S/C12H27NO6.C7H15.BrH.Mg/c1-10(14-4)17-7-13(8-18-11(2)15-5)9-19-12(3)16-6;1-3-5-7-6-4-2;;/h10-12H,7-9H2,1-6H3;1,3-7H2,2H3;1H;/q;-1;;+2/p-1. The zero-order valence-electron chi connectivity index (χ0n) is 19.1. The van der Waals surface area contributed by atoms with Crippen LogP contribution in [0.15, 0.2) is 0 Å². The molecule has 0 rings (SSSR count). The maximum Gasteiger partial charge on any atom is 2.00 e. The second kappa shape index (κ2) is 28.0. The van der Waals surface area contributed by atoms with Gasteiger partial charge in [0.05, 0.1) is 0 Å². The summed E-state index contributed by atoms with van der Waals surface area (Å²) < 4.78 is 31.4. The van der Waals surface area contributed by atoms with E-state index in [0.29, 0.717) is 20.2 Å². The average Bonchev–Trinajstić information content (AvgIpc) is 2.67. The van der Waals surface area contributed by atoms with Gasteiger partial charge in [-0.1, -0.05) is 32.6 Å². The molecule has 0 bridgehead atoms. The summed E-state index contributed by atoms with van der Waals surface area (Å²) in [4.78, 5) is 1.82. The summed E-state index contributed by atoms with van der Waals surface area (Å²) in [6, 6.07) is 0. The molecule has 0 aromatic rings. The quantitative estimate of drug-likeness (QED) is 0.138. The Kier molecular flexibility index (Phi) is 36.3. The fourth-order valence-electron chi connectivity index (χ4n) is 1.55. The van der Waals surface area contributed by atoms with Crippen LogP contribution in [0.25, 0.3) is 0 Å². The maximum atomic E-state index is 5.45. The molecule has 9 heteroatoms. The van der Waals surface area contributed by atoms with Crippen LogP contribution in [-0.4, -0.2) is 88.3 Å². The maximum absolute atomic E-state index is 5.45. The molecule has 0 amide bonds. The molecule has 0 spiro atoms. The van der Waals surface area contributed by atoms with Gasteiger partial charge in [-0.3, -0.25) is 0 Å². The van der Waals surface area contributed by atoms with Gasteiger partial charge in [0, 0.05) is 21.3 Å². The summed E-state index contributed by atoms with van der Waals surface area (Å²) in [5.74, 6) is 0. The molecule has 0 heterocycles. The number of hydrogen-bond acceptors (Lipinski definition) is 7. The number of unbranched alkanes of at least 4 members (excludes halogenated alkanes) is 4. The fourth-order valence-corrected chi connectivity index (χ4v) is 1.55.